The Kier molecular flexibility index (Phi) is 2.90. The fourth-order valence-electron chi connectivity index (χ4n) is 3.42. The van der Waals surface area contributed by atoms with Crippen molar-refractivity contribution < 1.29 is 0 Å². The van der Waals surface area contributed by atoms with E-state index in [0.29, 0.717) is 18.5 Å². The second-order valence-electron chi connectivity index (χ2n) is 5.59. The van der Waals surface area contributed by atoms with E-state index in [0.717, 1.165) is 0 Å². The van der Waals surface area contributed by atoms with E-state index in [-0.39, 0.29) is 0 Å². The molecular formula is C19H18N2. The van der Waals surface area contributed by atoms with Crippen molar-refractivity contribution in [3.05, 3.63) is 84.0 Å². The molecule has 2 heteroatoms. The molecule has 1 heterocycles. The van der Waals surface area contributed by atoms with Crippen LogP contribution in [0.15, 0.2) is 72.8 Å². The monoisotopic (exact) mass is 274 g/mol. The summed E-state index contributed by atoms with van der Waals surface area (Å²) >= 11 is 0. The first-order valence-electron chi connectivity index (χ1n) is 7.40. The minimum absolute atomic E-state index is 0.362. The van der Waals surface area contributed by atoms with Crippen LogP contribution in [0.3, 0.4) is 0 Å². The van der Waals surface area contributed by atoms with Crippen molar-refractivity contribution in [2.45, 2.75) is 18.5 Å². The number of hydrogen-bond acceptors (Lipinski definition) is 2. The van der Waals surface area contributed by atoms with Gasteiger partial charge in [0.15, 0.2) is 0 Å². The number of nitrogens with two attached hydrogens (primary N) is 1. The van der Waals surface area contributed by atoms with Gasteiger partial charge in [-0.2, -0.15) is 0 Å². The summed E-state index contributed by atoms with van der Waals surface area (Å²) in [4.78, 5) is 2.43. The fraction of sp³-hybridized carbons (Fsp3) is 0.158. The van der Waals surface area contributed by atoms with E-state index in [2.05, 4.69) is 77.7 Å². The van der Waals surface area contributed by atoms with Gasteiger partial charge in [-0.05, 0) is 29.3 Å². The lowest BCUT2D eigenvalue weighted by Gasteiger charge is -2.29. The van der Waals surface area contributed by atoms with E-state index in [1.54, 1.807) is 0 Å². The van der Waals surface area contributed by atoms with Gasteiger partial charge in [0.05, 0.1) is 6.04 Å². The molecule has 0 spiro atoms. The van der Waals surface area contributed by atoms with E-state index < -0.39 is 0 Å². The van der Waals surface area contributed by atoms with Gasteiger partial charge in [-0.15, -0.1) is 0 Å². The zero-order valence-corrected chi connectivity index (χ0v) is 11.8. The maximum atomic E-state index is 5.80. The van der Waals surface area contributed by atoms with Gasteiger partial charge in [0, 0.05) is 23.8 Å². The molecule has 0 radical (unpaired) electrons. The van der Waals surface area contributed by atoms with Gasteiger partial charge in [-0.3, -0.25) is 0 Å². The van der Waals surface area contributed by atoms with E-state index in [1.807, 2.05) is 0 Å². The summed E-state index contributed by atoms with van der Waals surface area (Å²) in [7, 11) is 0. The Bertz CT molecular complexity index is 730. The number of fused-ring (bicyclic) bond motifs is 3. The topological polar surface area (TPSA) is 29.3 Å². The van der Waals surface area contributed by atoms with Gasteiger partial charge in [-0.1, -0.05) is 54.6 Å². The van der Waals surface area contributed by atoms with Crippen LogP contribution in [0.25, 0.3) is 0 Å². The van der Waals surface area contributed by atoms with Crippen molar-refractivity contribution in [3.63, 3.8) is 0 Å². The summed E-state index contributed by atoms with van der Waals surface area (Å²) < 4.78 is 0. The zero-order chi connectivity index (χ0) is 14.2. The molecule has 2 aromatic carbocycles. The molecule has 0 fully saturated rings. The van der Waals surface area contributed by atoms with Crippen LogP contribution in [0.2, 0.25) is 0 Å². The lowest BCUT2D eigenvalue weighted by atomic mass is 9.91. The molecule has 4 rings (SSSR count). The normalized spacial score (nSPS) is 22.2. The number of hydrogen-bond donors (Lipinski definition) is 1. The van der Waals surface area contributed by atoms with Crippen molar-refractivity contribution in [2.24, 2.45) is 5.73 Å². The first-order chi connectivity index (χ1) is 10.4. The maximum absolute atomic E-state index is 5.80. The van der Waals surface area contributed by atoms with Gasteiger partial charge in [0.1, 0.15) is 0 Å². The summed E-state index contributed by atoms with van der Waals surface area (Å²) in [6.07, 6.45) is 8.89. The standard InChI is InChI=1S/C19H18N2/c20-13-14-6-5-7-15(12-14)21-18-10-3-1-8-16(18)17-9-2-4-11-19(17)21/h1-12,16,18H,13,20H2. The third-order valence-corrected chi connectivity index (χ3v) is 4.38. The highest BCUT2D eigenvalue weighted by Gasteiger charge is 2.36. The van der Waals surface area contributed by atoms with Crippen LogP contribution in [0, 0.1) is 0 Å². The number of allylic oxidation sites excluding steroid dienone is 2. The van der Waals surface area contributed by atoms with Gasteiger partial charge in [0.25, 0.3) is 0 Å². The molecule has 0 bridgehead atoms. The maximum Gasteiger partial charge on any atom is 0.0629 e. The molecule has 0 saturated carbocycles. The van der Waals surface area contributed by atoms with Crippen LogP contribution in [-0.4, -0.2) is 6.04 Å². The highest BCUT2D eigenvalue weighted by molar-refractivity contribution is 5.75. The van der Waals surface area contributed by atoms with Gasteiger partial charge in [0.2, 0.25) is 0 Å². The number of anilines is 2. The lowest BCUT2D eigenvalue weighted by molar-refractivity contribution is 0.744. The number of para-hydroxylation sites is 1. The summed E-state index contributed by atoms with van der Waals surface area (Å²) in [5.74, 6) is 0.438. The average molecular weight is 274 g/mol. The Balaban J connectivity index is 1.87. The van der Waals surface area contributed by atoms with Gasteiger partial charge in [-0.25, -0.2) is 0 Å². The first-order valence-corrected chi connectivity index (χ1v) is 7.40. The molecule has 2 aromatic rings. The van der Waals surface area contributed by atoms with E-state index in [4.69, 9.17) is 5.73 Å². The molecule has 0 aromatic heterocycles. The van der Waals surface area contributed by atoms with Crippen LogP contribution in [0.5, 0.6) is 0 Å². The molecule has 2 aliphatic rings. The molecule has 2 N–H and O–H groups in total. The Labute approximate surface area is 125 Å². The molecule has 0 saturated heterocycles. The third-order valence-electron chi connectivity index (χ3n) is 4.38. The molecule has 0 amide bonds. The van der Waals surface area contributed by atoms with Crippen molar-refractivity contribution >= 4 is 11.4 Å². The largest absolute Gasteiger partial charge is 0.333 e. The van der Waals surface area contributed by atoms with Gasteiger partial charge < -0.3 is 10.6 Å². The third kappa shape index (κ3) is 1.91. The highest BCUT2D eigenvalue weighted by Crippen LogP contribution is 2.47. The molecule has 1 aliphatic carbocycles. The smallest absolute Gasteiger partial charge is 0.0629 e. The quantitative estimate of drug-likeness (QED) is 0.900. The number of rotatable bonds is 2. The predicted molar refractivity (Wildman–Crippen MR) is 87.7 cm³/mol. The van der Waals surface area contributed by atoms with Gasteiger partial charge >= 0.3 is 0 Å². The van der Waals surface area contributed by atoms with E-state index >= 15 is 0 Å². The SMILES string of the molecule is NCc1cccc(N2c3ccccc3C3C=CC=CC32)c1. The molecule has 2 nitrogen and oxygen atoms in total. The predicted octanol–water partition coefficient (Wildman–Crippen LogP) is 3.88. The molecular weight excluding hydrogens is 256 g/mol. The molecule has 2 unspecified atom stereocenters. The minimum atomic E-state index is 0.362. The molecule has 1 aliphatic heterocycles. The lowest BCUT2D eigenvalue weighted by Crippen LogP contribution is -2.28. The minimum Gasteiger partial charge on any atom is -0.333 e. The Morgan fingerprint density at radius 2 is 1.81 bits per heavy atom. The fourth-order valence-corrected chi connectivity index (χ4v) is 3.42. The van der Waals surface area contributed by atoms with Crippen LogP contribution in [0.1, 0.15) is 17.0 Å². The van der Waals surface area contributed by atoms with Crippen molar-refractivity contribution in [3.8, 4) is 0 Å². The van der Waals surface area contributed by atoms with Crippen molar-refractivity contribution in [1.82, 2.24) is 0 Å². The molecule has 104 valence electrons. The zero-order valence-electron chi connectivity index (χ0n) is 11.8. The van der Waals surface area contributed by atoms with Crippen molar-refractivity contribution in [1.29, 1.82) is 0 Å². The summed E-state index contributed by atoms with van der Waals surface area (Å²) in [5.41, 5.74) is 10.9. The molecule has 2 atom stereocenters. The van der Waals surface area contributed by atoms with Crippen LogP contribution >= 0.6 is 0 Å². The highest BCUT2D eigenvalue weighted by atomic mass is 15.2. The van der Waals surface area contributed by atoms with E-state index in [9.17, 15) is 0 Å². The molecule has 21 heavy (non-hydrogen) atoms. The first kappa shape index (κ1) is 12.4. The Morgan fingerprint density at radius 1 is 0.952 bits per heavy atom. The summed E-state index contributed by atoms with van der Waals surface area (Å²) in [6.45, 7) is 0.577. The van der Waals surface area contributed by atoms with Crippen LogP contribution < -0.4 is 10.6 Å². The second-order valence-corrected chi connectivity index (χ2v) is 5.59. The Hall–Kier alpha value is -2.32. The Morgan fingerprint density at radius 3 is 2.71 bits per heavy atom. The second kappa shape index (κ2) is 4.90. The summed E-state index contributed by atoms with van der Waals surface area (Å²) in [5, 5.41) is 0. The van der Waals surface area contributed by atoms with E-state index in [1.165, 1.54) is 22.5 Å². The van der Waals surface area contributed by atoms with Crippen LogP contribution in [-0.2, 0) is 6.54 Å². The number of nitrogens with zero attached hydrogens (tertiary/aromatic N) is 1. The van der Waals surface area contributed by atoms with Crippen LogP contribution in [0.4, 0.5) is 11.4 Å². The average Bonchev–Trinajstić information content (AvgIpc) is 2.89. The van der Waals surface area contributed by atoms with Crippen molar-refractivity contribution in [2.75, 3.05) is 4.90 Å². The summed E-state index contributed by atoms with van der Waals surface area (Å²) in [6, 6.07) is 17.6. The number of benzene rings is 2.